The van der Waals surface area contributed by atoms with Crippen LogP contribution in [0.3, 0.4) is 0 Å². The van der Waals surface area contributed by atoms with E-state index in [0.29, 0.717) is 0 Å². The molecule has 0 saturated heterocycles. The Morgan fingerprint density at radius 2 is 1.30 bits per heavy atom. The fourth-order valence-electron chi connectivity index (χ4n) is 12.1. The maximum Gasteiger partial charge on any atom is 0.198 e. The summed E-state index contributed by atoms with van der Waals surface area (Å²) in [5, 5.41) is 11.9. The highest BCUT2D eigenvalue weighted by Gasteiger charge is 2.38. The molecule has 0 bridgehead atoms. The second-order valence-electron chi connectivity index (χ2n) is 22.6. The number of nitrogens with one attached hydrogen (secondary N) is 1. The molecule has 3 aromatic heterocycles. The maximum atomic E-state index is 6.84. The summed E-state index contributed by atoms with van der Waals surface area (Å²) >= 11 is 3.82. The van der Waals surface area contributed by atoms with Gasteiger partial charge in [0.25, 0.3) is 0 Å². The van der Waals surface area contributed by atoms with Gasteiger partial charge in [0.2, 0.25) is 0 Å². The fourth-order valence-corrected chi connectivity index (χ4v) is 14.4. The Morgan fingerprint density at radius 1 is 0.614 bits per heavy atom. The molecule has 3 nitrogen and oxygen atoms in total. The van der Waals surface area contributed by atoms with Gasteiger partial charge >= 0.3 is 0 Å². The monoisotopic (exact) mass is 940 g/mol. The summed E-state index contributed by atoms with van der Waals surface area (Å²) in [6.07, 6.45) is 4.48. The second-order valence-corrected chi connectivity index (χ2v) is 24.7. The number of aromatic nitrogens is 1. The van der Waals surface area contributed by atoms with Crippen LogP contribution in [0.15, 0.2) is 152 Å². The number of nitrogens with zero attached hydrogens (tertiary/aromatic N) is 1. The van der Waals surface area contributed by atoms with E-state index in [1.165, 1.54) is 114 Å². The summed E-state index contributed by atoms with van der Waals surface area (Å²) in [5.41, 5.74) is 18.6. The molecule has 0 saturated carbocycles. The first-order chi connectivity index (χ1) is 33.7. The molecule has 8 aromatic carbocycles. The summed E-state index contributed by atoms with van der Waals surface area (Å²) in [5.74, 6) is 1.67. The zero-order valence-corrected chi connectivity index (χ0v) is 42.5. The van der Waals surface area contributed by atoms with Crippen LogP contribution in [0.4, 0.5) is 11.4 Å². The highest BCUT2D eigenvalue weighted by atomic mass is 32.1. The van der Waals surface area contributed by atoms with Crippen molar-refractivity contribution in [3.8, 4) is 22.6 Å². The minimum Gasteiger partial charge on any atom is -0.456 e. The van der Waals surface area contributed by atoms with Gasteiger partial charge in [0, 0.05) is 96.5 Å². The lowest BCUT2D eigenvalue weighted by atomic mass is 9.58. The van der Waals surface area contributed by atoms with Crippen LogP contribution in [0.25, 0.3) is 90.3 Å². The highest BCUT2D eigenvalue weighted by Crippen LogP contribution is 2.51. The Kier molecular flexibility index (Phi) is 8.77. The van der Waals surface area contributed by atoms with Crippen molar-refractivity contribution in [2.75, 3.05) is 5.32 Å². The van der Waals surface area contributed by atoms with Gasteiger partial charge in [-0.3, -0.25) is 0 Å². The molecule has 14 rings (SSSR count). The molecule has 11 aromatic rings. The number of fused-ring (bicyclic) bond motifs is 13. The van der Waals surface area contributed by atoms with Crippen LogP contribution in [0.2, 0.25) is 0 Å². The minimum absolute atomic E-state index is 0.0647. The van der Waals surface area contributed by atoms with Gasteiger partial charge in [-0.25, -0.2) is 0 Å². The molecule has 0 unspecified atom stereocenters. The average molecular weight is 941 g/mol. The molecule has 0 fully saturated rings. The summed E-state index contributed by atoms with van der Waals surface area (Å²) in [4.78, 5) is 0. The molecule has 0 radical (unpaired) electrons. The van der Waals surface area contributed by atoms with E-state index >= 15 is 0 Å². The third kappa shape index (κ3) is 6.25. The molecule has 340 valence electrons. The third-order valence-electron chi connectivity index (χ3n) is 16.2. The summed E-state index contributed by atoms with van der Waals surface area (Å²) in [6, 6.07) is 52.8. The Balaban J connectivity index is 1.04. The predicted molar refractivity (Wildman–Crippen MR) is 306 cm³/mol. The van der Waals surface area contributed by atoms with Crippen LogP contribution >= 0.6 is 22.7 Å². The van der Waals surface area contributed by atoms with Gasteiger partial charge in [-0.1, -0.05) is 139 Å². The number of benzene rings is 8. The number of anilines is 2. The van der Waals surface area contributed by atoms with Gasteiger partial charge in [0.1, 0.15) is 11.5 Å². The molecule has 1 aliphatic carbocycles. The van der Waals surface area contributed by atoms with E-state index in [2.05, 4.69) is 204 Å². The van der Waals surface area contributed by atoms with Gasteiger partial charge in [0.15, 0.2) is 7.28 Å². The SMILES string of the molecule is C=C1C=C(c2ccccc2)Oc2cc3c(cc21)Bc1c(-c2cc4c(cc2Nc2ccc(C(C)(C)C)cc2)sc2cc5c(cc24)C(C)(C)CCC5(C)C)ccc2c4cc5c(cc4n-3c12)sc1ccccc15. The smallest absolute Gasteiger partial charge is 0.198 e. The fraction of sp³-hybridized carbons (Fsp3) is 0.188. The van der Waals surface area contributed by atoms with Crippen LogP contribution in [-0.4, -0.2) is 11.8 Å². The van der Waals surface area contributed by atoms with Gasteiger partial charge in [-0.15, -0.1) is 22.7 Å². The normalized spacial score (nSPS) is 15.8. The number of thiophene rings is 2. The van der Waals surface area contributed by atoms with Gasteiger partial charge in [-0.2, -0.15) is 0 Å². The van der Waals surface area contributed by atoms with E-state index in [1.54, 1.807) is 0 Å². The number of allylic oxidation sites excluding steroid dienone is 2. The molecule has 5 heterocycles. The summed E-state index contributed by atoms with van der Waals surface area (Å²) < 4.78 is 14.7. The van der Waals surface area contributed by atoms with E-state index < -0.39 is 0 Å². The Labute approximate surface area is 418 Å². The molecule has 6 heteroatoms. The zero-order chi connectivity index (χ0) is 47.6. The van der Waals surface area contributed by atoms with Gasteiger partial charge in [-0.05, 0) is 123 Å². The number of hydrogen-bond acceptors (Lipinski definition) is 4. The van der Waals surface area contributed by atoms with Crippen molar-refractivity contribution in [1.29, 1.82) is 0 Å². The largest absolute Gasteiger partial charge is 0.456 e. The van der Waals surface area contributed by atoms with E-state index in [0.717, 1.165) is 52.6 Å². The van der Waals surface area contributed by atoms with Crippen molar-refractivity contribution in [1.82, 2.24) is 4.57 Å². The molecule has 0 amide bonds. The van der Waals surface area contributed by atoms with Crippen molar-refractivity contribution >= 4 is 126 Å². The van der Waals surface area contributed by atoms with Crippen LogP contribution in [0.1, 0.15) is 89.1 Å². The van der Waals surface area contributed by atoms with Crippen LogP contribution in [0.5, 0.6) is 5.75 Å². The first kappa shape index (κ1) is 42.1. The predicted octanol–water partition coefficient (Wildman–Crippen LogP) is 16.7. The molecule has 3 aliphatic rings. The number of hydrogen-bond donors (Lipinski definition) is 1. The molecule has 70 heavy (non-hydrogen) atoms. The van der Waals surface area contributed by atoms with Crippen molar-refractivity contribution in [3.05, 3.63) is 180 Å². The van der Waals surface area contributed by atoms with Crippen molar-refractivity contribution < 1.29 is 4.74 Å². The summed E-state index contributed by atoms with van der Waals surface area (Å²) in [6.45, 7) is 21.2. The summed E-state index contributed by atoms with van der Waals surface area (Å²) in [7, 11) is 0.768. The standard InChI is InChI=1S/C64H53BN2OS2/c1-35-26-54(36-14-10-9-11-15-36)68-55-33-53-50(30-42(35)55)65-60-40(22-23-41-44-28-45-39-16-12-13-17-56(39)69-59(45)34-52(44)67(53)61(41)60)43-27-46-47-29-48-49(64(7,8)25-24-63(48,5)6)31-57(47)70-58(46)32-51(43)66-38-20-18-37(19-21-38)62(2,3)4/h9-23,26-34,65-66H,1,24-25H2,2-8H3. The Morgan fingerprint density at radius 3 is 2.09 bits per heavy atom. The van der Waals surface area contributed by atoms with Crippen LogP contribution < -0.4 is 21.0 Å². The number of ether oxygens (including phenoxy) is 1. The molecule has 1 N–H and O–H groups in total. The van der Waals surface area contributed by atoms with Crippen LogP contribution in [-0.2, 0) is 16.2 Å². The Hall–Kier alpha value is -6.86. The van der Waals surface area contributed by atoms with E-state index in [1.807, 2.05) is 28.7 Å². The molecular weight excluding hydrogens is 888 g/mol. The van der Waals surface area contributed by atoms with Crippen molar-refractivity contribution in [2.45, 2.75) is 77.6 Å². The third-order valence-corrected chi connectivity index (χ3v) is 18.4. The quantitative estimate of drug-likeness (QED) is 0.178. The maximum absolute atomic E-state index is 6.84. The van der Waals surface area contributed by atoms with E-state index in [-0.39, 0.29) is 16.2 Å². The van der Waals surface area contributed by atoms with Crippen LogP contribution in [0, 0.1) is 0 Å². The van der Waals surface area contributed by atoms with Crippen molar-refractivity contribution in [3.63, 3.8) is 0 Å². The van der Waals surface area contributed by atoms with Gasteiger partial charge < -0.3 is 14.6 Å². The minimum atomic E-state index is 0.0647. The molecule has 2 aliphatic heterocycles. The van der Waals surface area contributed by atoms with E-state index in [9.17, 15) is 0 Å². The lowest BCUT2D eigenvalue weighted by Crippen LogP contribution is -2.37. The lowest BCUT2D eigenvalue weighted by Gasteiger charge is -2.41. The molecular formula is C64H53BN2OS2. The second kappa shape index (κ2) is 14.6. The van der Waals surface area contributed by atoms with Crippen molar-refractivity contribution in [2.24, 2.45) is 0 Å². The zero-order valence-electron chi connectivity index (χ0n) is 40.9. The van der Waals surface area contributed by atoms with Gasteiger partial charge in [0.05, 0.1) is 5.52 Å². The Bertz CT molecular complexity index is 4140. The lowest BCUT2D eigenvalue weighted by molar-refractivity contribution is 0.332. The highest BCUT2D eigenvalue weighted by molar-refractivity contribution is 7.26. The molecule has 0 atom stereocenters. The first-order valence-corrected chi connectivity index (χ1v) is 26.5. The van der Waals surface area contributed by atoms with E-state index in [4.69, 9.17) is 4.74 Å². The number of rotatable bonds is 4. The first-order valence-electron chi connectivity index (χ1n) is 24.8. The average Bonchev–Trinajstić information content (AvgIpc) is 4.00. The molecule has 0 spiro atoms. The topological polar surface area (TPSA) is 26.2 Å².